The lowest BCUT2D eigenvalue weighted by atomic mass is 10.2. The molecule has 1 aromatic carbocycles. The topological polar surface area (TPSA) is 54.9 Å². The van der Waals surface area contributed by atoms with Gasteiger partial charge in [0.1, 0.15) is 5.15 Å². The largest absolute Gasteiger partial charge is 0.320 e. The second kappa shape index (κ2) is 6.63. The van der Waals surface area contributed by atoms with E-state index in [1.807, 2.05) is 6.26 Å². The summed E-state index contributed by atoms with van der Waals surface area (Å²) in [5.74, 6) is -0.452. The first-order valence-corrected chi connectivity index (χ1v) is 7.70. The van der Waals surface area contributed by atoms with Crippen LogP contribution < -0.4 is 5.32 Å². The molecule has 1 amide bonds. The minimum Gasteiger partial charge on any atom is -0.320 e. The number of carbonyl (C=O) groups excluding carboxylic acids is 1. The molecular weight excluding hydrogens is 341 g/mol. The third-order valence-electron chi connectivity index (χ3n) is 2.35. The fourth-order valence-electron chi connectivity index (χ4n) is 1.39. The van der Waals surface area contributed by atoms with E-state index in [9.17, 15) is 4.79 Å². The molecular formula is C12H8Cl3N3OS. The van der Waals surface area contributed by atoms with E-state index in [2.05, 4.69) is 15.3 Å². The van der Waals surface area contributed by atoms with E-state index < -0.39 is 5.91 Å². The van der Waals surface area contributed by atoms with Crippen LogP contribution in [-0.2, 0) is 0 Å². The number of amides is 1. The second-order valence-electron chi connectivity index (χ2n) is 3.62. The number of rotatable bonds is 3. The summed E-state index contributed by atoms with van der Waals surface area (Å²) in [6, 6.07) is 4.94. The van der Waals surface area contributed by atoms with Gasteiger partial charge in [-0.1, -0.05) is 52.6 Å². The van der Waals surface area contributed by atoms with Gasteiger partial charge in [0, 0.05) is 6.20 Å². The Morgan fingerprint density at radius 2 is 2.05 bits per heavy atom. The van der Waals surface area contributed by atoms with Gasteiger partial charge < -0.3 is 5.32 Å². The van der Waals surface area contributed by atoms with Crippen LogP contribution in [0, 0.1) is 0 Å². The van der Waals surface area contributed by atoms with Crippen molar-refractivity contribution in [1.29, 1.82) is 0 Å². The van der Waals surface area contributed by atoms with Gasteiger partial charge in [-0.05, 0) is 18.4 Å². The number of halogens is 3. The molecule has 1 N–H and O–H groups in total. The molecule has 0 spiro atoms. The molecule has 0 saturated carbocycles. The van der Waals surface area contributed by atoms with Crippen LogP contribution in [0.5, 0.6) is 0 Å². The number of thioether (sulfide) groups is 1. The van der Waals surface area contributed by atoms with Gasteiger partial charge in [-0.3, -0.25) is 4.79 Å². The summed E-state index contributed by atoms with van der Waals surface area (Å²) < 4.78 is 0. The third-order valence-corrected chi connectivity index (χ3v) is 4.02. The van der Waals surface area contributed by atoms with Gasteiger partial charge in [0.2, 0.25) is 0 Å². The maximum atomic E-state index is 12.1. The van der Waals surface area contributed by atoms with Gasteiger partial charge in [-0.2, -0.15) is 0 Å². The Bertz CT molecular complexity index is 666. The van der Waals surface area contributed by atoms with Crippen molar-refractivity contribution < 1.29 is 4.79 Å². The summed E-state index contributed by atoms with van der Waals surface area (Å²) in [7, 11) is 0. The normalized spacial score (nSPS) is 10.4. The smallest absolute Gasteiger partial charge is 0.260 e. The summed E-state index contributed by atoms with van der Waals surface area (Å²) in [4.78, 5) is 20.1. The molecule has 0 aliphatic heterocycles. The highest BCUT2D eigenvalue weighted by atomic mass is 35.5. The highest BCUT2D eigenvalue weighted by Crippen LogP contribution is 2.30. The number of aromatic nitrogens is 2. The first-order chi connectivity index (χ1) is 9.52. The zero-order chi connectivity index (χ0) is 14.7. The van der Waals surface area contributed by atoms with Gasteiger partial charge in [0.05, 0.1) is 21.3 Å². The molecule has 0 radical (unpaired) electrons. The fourth-order valence-corrected chi connectivity index (χ4v) is 2.34. The Labute approximate surface area is 134 Å². The summed E-state index contributed by atoms with van der Waals surface area (Å²) in [5.41, 5.74) is 0.565. The van der Waals surface area contributed by atoms with Gasteiger partial charge >= 0.3 is 0 Å². The van der Waals surface area contributed by atoms with Crippen molar-refractivity contribution in [2.75, 3.05) is 11.6 Å². The molecule has 4 nitrogen and oxygen atoms in total. The number of nitrogens with one attached hydrogen (secondary N) is 1. The zero-order valence-electron chi connectivity index (χ0n) is 10.2. The highest BCUT2D eigenvalue weighted by Gasteiger charge is 2.15. The number of benzene rings is 1. The predicted molar refractivity (Wildman–Crippen MR) is 83.2 cm³/mol. The van der Waals surface area contributed by atoms with Crippen molar-refractivity contribution in [3.8, 4) is 0 Å². The van der Waals surface area contributed by atoms with Crippen molar-refractivity contribution >= 4 is 58.2 Å². The Morgan fingerprint density at radius 3 is 2.70 bits per heavy atom. The molecule has 1 aromatic heterocycles. The van der Waals surface area contributed by atoms with Crippen LogP contribution in [0.1, 0.15) is 10.4 Å². The van der Waals surface area contributed by atoms with Crippen molar-refractivity contribution in [1.82, 2.24) is 9.97 Å². The van der Waals surface area contributed by atoms with E-state index in [0.29, 0.717) is 15.9 Å². The van der Waals surface area contributed by atoms with Crippen molar-refractivity contribution in [3.63, 3.8) is 0 Å². The maximum absolute atomic E-state index is 12.1. The van der Waals surface area contributed by atoms with Crippen molar-refractivity contribution in [2.24, 2.45) is 0 Å². The molecule has 0 saturated heterocycles. The number of anilines is 1. The first kappa shape index (κ1) is 15.4. The number of hydrogen-bond acceptors (Lipinski definition) is 4. The molecule has 8 heteroatoms. The Hall–Kier alpha value is -1.01. The van der Waals surface area contributed by atoms with Crippen molar-refractivity contribution in [2.45, 2.75) is 5.16 Å². The van der Waals surface area contributed by atoms with Crippen LogP contribution in [0.15, 0.2) is 29.6 Å². The van der Waals surface area contributed by atoms with E-state index in [1.165, 1.54) is 18.0 Å². The molecule has 2 aromatic rings. The number of nitrogens with zero attached hydrogens (tertiary/aromatic N) is 2. The van der Waals surface area contributed by atoms with Crippen LogP contribution in [0.4, 0.5) is 5.69 Å². The van der Waals surface area contributed by atoms with Gasteiger partial charge in [0.25, 0.3) is 5.91 Å². The summed E-state index contributed by atoms with van der Waals surface area (Å²) >= 11 is 19.2. The molecule has 0 bridgehead atoms. The quantitative estimate of drug-likeness (QED) is 0.507. The highest BCUT2D eigenvalue weighted by molar-refractivity contribution is 7.98. The van der Waals surface area contributed by atoms with Crippen LogP contribution in [0.3, 0.4) is 0 Å². The van der Waals surface area contributed by atoms with Crippen LogP contribution in [0.25, 0.3) is 0 Å². The minimum atomic E-state index is -0.452. The van der Waals surface area contributed by atoms with Gasteiger partial charge in [-0.25, -0.2) is 9.97 Å². The number of hydrogen-bond donors (Lipinski definition) is 1. The van der Waals surface area contributed by atoms with Crippen molar-refractivity contribution in [3.05, 3.63) is 45.2 Å². The Balaban J connectivity index is 2.26. The van der Waals surface area contributed by atoms with E-state index in [0.717, 1.165) is 0 Å². The van der Waals surface area contributed by atoms with E-state index in [4.69, 9.17) is 34.8 Å². The number of carbonyl (C=O) groups is 1. The summed E-state index contributed by atoms with van der Waals surface area (Å²) in [6.07, 6.45) is 3.19. The monoisotopic (exact) mass is 347 g/mol. The second-order valence-corrected chi connectivity index (χ2v) is 5.53. The first-order valence-electron chi connectivity index (χ1n) is 5.35. The molecule has 0 aliphatic carbocycles. The standard InChI is InChI=1S/C12H8Cl3N3OS/c1-20-12-16-5-6(10(15)18-12)11(19)17-8-4-2-3-7(13)9(8)14/h2-5H,1H3,(H,17,19). The lowest BCUT2D eigenvalue weighted by molar-refractivity contribution is 0.102. The molecule has 20 heavy (non-hydrogen) atoms. The molecule has 1 heterocycles. The van der Waals surface area contributed by atoms with E-state index >= 15 is 0 Å². The van der Waals surface area contributed by atoms with E-state index in [-0.39, 0.29) is 15.7 Å². The summed E-state index contributed by atoms with van der Waals surface area (Å²) in [6.45, 7) is 0. The third kappa shape index (κ3) is 3.35. The Kier molecular flexibility index (Phi) is 5.10. The average Bonchev–Trinajstić information content (AvgIpc) is 2.43. The molecule has 0 fully saturated rings. The molecule has 0 unspecified atom stereocenters. The lowest BCUT2D eigenvalue weighted by Gasteiger charge is -2.09. The SMILES string of the molecule is CSc1ncc(C(=O)Nc2cccc(Cl)c2Cl)c(Cl)n1. The summed E-state index contributed by atoms with van der Waals surface area (Å²) in [5, 5.41) is 3.81. The van der Waals surface area contributed by atoms with Crippen LogP contribution in [0.2, 0.25) is 15.2 Å². The average molecular weight is 349 g/mol. The Morgan fingerprint density at radius 1 is 1.30 bits per heavy atom. The minimum absolute atomic E-state index is 0.0833. The molecule has 0 atom stereocenters. The van der Waals surface area contributed by atoms with Gasteiger partial charge in [0.15, 0.2) is 5.16 Å². The van der Waals surface area contributed by atoms with Crippen LogP contribution in [-0.4, -0.2) is 22.1 Å². The molecule has 2 rings (SSSR count). The maximum Gasteiger partial charge on any atom is 0.260 e. The molecule has 0 aliphatic rings. The predicted octanol–water partition coefficient (Wildman–Crippen LogP) is 4.41. The zero-order valence-corrected chi connectivity index (χ0v) is 13.2. The van der Waals surface area contributed by atoms with Gasteiger partial charge in [-0.15, -0.1) is 0 Å². The lowest BCUT2D eigenvalue weighted by Crippen LogP contribution is -2.14. The van der Waals surface area contributed by atoms with E-state index in [1.54, 1.807) is 18.2 Å². The molecule has 104 valence electrons. The van der Waals surface area contributed by atoms with Crippen LogP contribution >= 0.6 is 46.6 Å². The fraction of sp³-hybridized carbons (Fsp3) is 0.0833.